The number of nitro groups is 1. The van der Waals surface area contributed by atoms with Gasteiger partial charge in [0, 0.05) is 10.9 Å². The Balaban J connectivity index is 1.62. The average Bonchev–Trinajstić information content (AvgIpc) is 3.27. The highest BCUT2D eigenvalue weighted by Gasteiger charge is 2.22. The quantitative estimate of drug-likeness (QED) is 0.269. The van der Waals surface area contributed by atoms with Crippen molar-refractivity contribution in [2.75, 3.05) is 6.61 Å². The van der Waals surface area contributed by atoms with Crippen LogP contribution in [0, 0.1) is 10.1 Å². The van der Waals surface area contributed by atoms with Gasteiger partial charge in [-0.3, -0.25) is 0 Å². The number of para-hydroxylation sites is 1. The molecule has 8 heteroatoms. The van der Waals surface area contributed by atoms with Crippen molar-refractivity contribution < 1.29 is 14.5 Å². The van der Waals surface area contributed by atoms with E-state index in [0.29, 0.717) is 22.2 Å². The number of fused-ring (bicyclic) bond motifs is 1. The number of pyridine rings is 1. The topological polar surface area (TPSA) is 100 Å². The summed E-state index contributed by atoms with van der Waals surface area (Å²) in [5, 5.41) is 11.8. The normalized spacial score (nSPS) is 11.9. The molecule has 0 radical (unpaired) electrons. The van der Waals surface area contributed by atoms with Crippen molar-refractivity contribution in [2.45, 2.75) is 13.0 Å². The van der Waals surface area contributed by atoms with Gasteiger partial charge in [0.1, 0.15) is 18.8 Å². The van der Waals surface area contributed by atoms with Crippen LogP contribution in [0.4, 0.5) is 5.82 Å². The van der Waals surface area contributed by atoms with Gasteiger partial charge in [0.25, 0.3) is 0 Å². The van der Waals surface area contributed by atoms with Gasteiger partial charge in [-0.05, 0) is 24.0 Å². The lowest BCUT2D eigenvalue weighted by atomic mass is 10.0. The van der Waals surface area contributed by atoms with E-state index in [1.165, 1.54) is 17.1 Å². The van der Waals surface area contributed by atoms with E-state index in [-0.39, 0.29) is 12.4 Å². The van der Waals surface area contributed by atoms with Crippen molar-refractivity contribution in [3.05, 3.63) is 88.9 Å². The molecular weight excluding hydrogens is 384 g/mol. The van der Waals surface area contributed by atoms with E-state index in [2.05, 4.69) is 9.97 Å². The van der Waals surface area contributed by atoms with Crippen LogP contribution in [-0.2, 0) is 4.74 Å². The number of nitrogens with zero attached hydrogens (tertiary/aromatic N) is 4. The van der Waals surface area contributed by atoms with E-state index in [1.807, 2.05) is 54.6 Å². The molecule has 0 saturated heterocycles. The molecule has 150 valence electrons. The van der Waals surface area contributed by atoms with Crippen molar-refractivity contribution in [1.29, 1.82) is 0 Å². The number of imidazole rings is 1. The zero-order valence-electron chi connectivity index (χ0n) is 16.1. The summed E-state index contributed by atoms with van der Waals surface area (Å²) in [7, 11) is 0. The third-order valence-corrected chi connectivity index (χ3v) is 4.77. The van der Waals surface area contributed by atoms with Crippen molar-refractivity contribution in [3.8, 4) is 11.3 Å². The molecule has 0 aliphatic heterocycles. The monoisotopic (exact) mass is 402 g/mol. The van der Waals surface area contributed by atoms with Crippen molar-refractivity contribution >= 4 is 22.7 Å². The molecule has 0 bridgehead atoms. The number of hydrogen-bond acceptors (Lipinski definition) is 6. The Bertz CT molecular complexity index is 1220. The summed E-state index contributed by atoms with van der Waals surface area (Å²) >= 11 is 0. The summed E-state index contributed by atoms with van der Waals surface area (Å²) in [5.74, 6) is -0.667. The maximum Gasteiger partial charge on any atom is 0.342 e. The lowest BCUT2D eigenvalue weighted by Gasteiger charge is -2.13. The van der Waals surface area contributed by atoms with Crippen LogP contribution in [0.15, 0.2) is 73.2 Å². The summed E-state index contributed by atoms with van der Waals surface area (Å²) in [6.07, 6.45) is 2.52. The summed E-state index contributed by atoms with van der Waals surface area (Å²) in [6, 6.07) is 18.2. The molecule has 1 atom stereocenters. The Hall–Kier alpha value is -4.07. The fourth-order valence-corrected chi connectivity index (χ4v) is 3.23. The smallest absolute Gasteiger partial charge is 0.342 e. The highest BCUT2D eigenvalue weighted by Crippen LogP contribution is 2.26. The molecule has 0 aliphatic carbocycles. The van der Waals surface area contributed by atoms with Crippen LogP contribution in [0.5, 0.6) is 0 Å². The summed E-state index contributed by atoms with van der Waals surface area (Å²) in [5.41, 5.74) is 2.63. The molecule has 2 aromatic carbocycles. The van der Waals surface area contributed by atoms with Crippen molar-refractivity contribution in [1.82, 2.24) is 14.5 Å². The molecule has 0 aliphatic rings. The first kappa shape index (κ1) is 19.3. The van der Waals surface area contributed by atoms with Crippen LogP contribution in [0.3, 0.4) is 0 Å². The summed E-state index contributed by atoms with van der Waals surface area (Å²) < 4.78 is 6.88. The lowest BCUT2D eigenvalue weighted by molar-refractivity contribution is -0.392. The lowest BCUT2D eigenvalue weighted by Crippen LogP contribution is -2.17. The SMILES string of the molecule is CC(COC(=O)c1cc(-c2ccccc2)nc2ccccc12)n1cncc1[N+](=O)[O-]. The first-order valence-electron chi connectivity index (χ1n) is 9.33. The third kappa shape index (κ3) is 3.75. The van der Waals surface area contributed by atoms with Gasteiger partial charge in [0.05, 0.1) is 16.8 Å². The molecule has 0 spiro atoms. The van der Waals surface area contributed by atoms with E-state index < -0.39 is 16.9 Å². The van der Waals surface area contributed by atoms with Gasteiger partial charge in [-0.1, -0.05) is 48.5 Å². The molecule has 0 saturated carbocycles. The second-order valence-electron chi connectivity index (χ2n) is 6.80. The minimum absolute atomic E-state index is 0.0344. The van der Waals surface area contributed by atoms with Gasteiger partial charge in [-0.25, -0.2) is 19.3 Å². The van der Waals surface area contributed by atoms with Crippen molar-refractivity contribution in [3.63, 3.8) is 0 Å². The van der Waals surface area contributed by atoms with E-state index in [4.69, 9.17) is 4.74 Å². The van der Waals surface area contributed by atoms with Crippen molar-refractivity contribution in [2.24, 2.45) is 0 Å². The molecular formula is C22H18N4O4. The van der Waals surface area contributed by atoms with Crippen LogP contribution < -0.4 is 0 Å². The molecule has 2 aromatic heterocycles. The van der Waals surface area contributed by atoms with Gasteiger partial charge in [0.2, 0.25) is 0 Å². The molecule has 0 fully saturated rings. The predicted octanol–water partition coefficient (Wildman–Crippen LogP) is 4.42. The summed E-state index contributed by atoms with van der Waals surface area (Å²) in [4.78, 5) is 32.0. The fourth-order valence-electron chi connectivity index (χ4n) is 3.23. The zero-order chi connectivity index (χ0) is 21.1. The number of ether oxygens (including phenoxy) is 1. The molecule has 2 heterocycles. The number of carbonyl (C=O) groups is 1. The van der Waals surface area contributed by atoms with Crippen LogP contribution in [0.1, 0.15) is 23.3 Å². The van der Waals surface area contributed by atoms with Gasteiger partial charge < -0.3 is 14.9 Å². The Labute approximate surface area is 171 Å². The second kappa shape index (κ2) is 8.12. The van der Waals surface area contributed by atoms with E-state index >= 15 is 0 Å². The number of carbonyl (C=O) groups excluding carboxylic acids is 1. The predicted molar refractivity (Wildman–Crippen MR) is 111 cm³/mol. The number of benzene rings is 2. The number of aromatic nitrogens is 3. The average molecular weight is 402 g/mol. The maximum atomic E-state index is 12.9. The summed E-state index contributed by atoms with van der Waals surface area (Å²) in [6.45, 7) is 1.69. The minimum Gasteiger partial charge on any atom is -0.458 e. The van der Waals surface area contributed by atoms with Gasteiger partial charge in [-0.15, -0.1) is 0 Å². The molecule has 0 N–H and O–H groups in total. The van der Waals surface area contributed by atoms with Gasteiger partial charge >= 0.3 is 11.8 Å². The van der Waals surface area contributed by atoms with Gasteiger partial charge in [-0.2, -0.15) is 0 Å². The third-order valence-electron chi connectivity index (χ3n) is 4.77. The largest absolute Gasteiger partial charge is 0.458 e. The highest BCUT2D eigenvalue weighted by atomic mass is 16.6. The Kier molecular flexibility index (Phi) is 5.21. The molecule has 4 aromatic rings. The number of hydrogen-bond donors (Lipinski definition) is 0. The number of rotatable bonds is 6. The molecule has 8 nitrogen and oxygen atoms in total. The number of esters is 1. The van der Waals surface area contributed by atoms with E-state index in [0.717, 1.165) is 5.56 Å². The minimum atomic E-state index is -0.520. The second-order valence-corrected chi connectivity index (χ2v) is 6.80. The van der Waals surface area contributed by atoms with Crippen LogP contribution in [0.25, 0.3) is 22.2 Å². The fraction of sp³-hybridized carbons (Fsp3) is 0.136. The van der Waals surface area contributed by atoms with Crippen LogP contribution >= 0.6 is 0 Å². The van der Waals surface area contributed by atoms with Gasteiger partial charge in [0.15, 0.2) is 6.33 Å². The molecule has 0 amide bonds. The van der Waals surface area contributed by atoms with E-state index in [9.17, 15) is 14.9 Å². The Morgan fingerprint density at radius 3 is 2.67 bits per heavy atom. The Morgan fingerprint density at radius 2 is 1.90 bits per heavy atom. The van der Waals surface area contributed by atoms with E-state index in [1.54, 1.807) is 13.0 Å². The molecule has 30 heavy (non-hydrogen) atoms. The van der Waals surface area contributed by atoms with Crippen LogP contribution in [0.2, 0.25) is 0 Å². The highest BCUT2D eigenvalue weighted by molar-refractivity contribution is 6.04. The first-order valence-corrected chi connectivity index (χ1v) is 9.33. The molecule has 1 unspecified atom stereocenters. The standard InChI is InChI=1S/C22H18N4O4/c1-15(25-14-23-12-21(25)26(28)29)13-30-22(27)18-11-20(16-7-3-2-4-8-16)24-19-10-6-5-9-17(18)19/h2-12,14-15H,13H2,1H3. The maximum absolute atomic E-state index is 12.9. The molecule has 4 rings (SSSR count). The first-order chi connectivity index (χ1) is 14.5. The zero-order valence-corrected chi connectivity index (χ0v) is 16.1. The van der Waals surface area contributed by atoms with Crippen LogP contribution in [-0.4, -0.2) is 32.0 Å². The Morgan fingerprint density at radius 1 is 1.17 bits per heavy atom.